The predicted octanol–water partition coefficient (Wildman–Crippen LogP) is 5.72. The summed E-state index contributed by atoms with van der Waals surface area (Å²) in [5.74, 6) is 0.515. The number of hydrogen-bond acceptors (Lipinski definition) is 3. The van der Waals surface area contributed by atoms with Gasteiger partial charge < -0.3 is 10.2 Å². The van der Waals surface area contributed by atoms with Gasteiger partial charge in [0.2, 0.25) is 11.8 Å². The Hall–Kier alpha value is -3.05. The average molecular weight is 475 g/mol. The zero-order chi connectivity index (χ0) is 24.4. The highest BCUT2D eigenvalue weighted by Crippen LogP contribution is 2.21. The van der Waals surface area contributed by atoms with E-state index in [0.717, 1.165) is 16.0 Å². The van der Waals surface area contributed by atoms with Gasteiger partial charge in [-0.15, -0.1) is 11.8 Å². The number of carbonyl (C=O) groups excluding carboxylic acids is 2. The predicted molar refractivity (Wildman–Crippen MR) is 141 cm³/mol. The summed E-state index contributed by atoms with van der Waals surface area (Å²) < 4.78 is 0. The molecule has 3 aromatic rings. The van der Waals surface area contributed by atoms with Crippen molar-refractivity contribution in [3.05, 3.63) is 102 Å². The number of carbonyl (C=O) groups is 2. The van der Waals surface area contributed by atoms with Crippen LogP contribution in [0, 0.1) is 0 Å². The molecule has 0 aliphatic rings. The summed E-state index contributed by atoms with van der Waals surface area (Å²) in [6.07, 6.45) is 0.827. The van der Waals surface area contributed by atoms with E-state index in [1.54, 1.807) is 16.7 Å². The number of amides is 2. The average Bonchev–Trinajstić information content (AvgIpc) is 2.82. The van der Waals surface area contributed by atoms with Crippen molar-refractivity contribution in [3.63, 3.8) is 0 Å². The van der Waals surface area contributed by atoms with Crippen LogP contribution in [0.15, 0.2) is 95.9 Å². The second-order valence-corrected chi connectivity index (χ2v) is 10.5. The summed E-state index contributed by atoms with van der Waals surface area (Å²) in [5.41, 5.74) is 1.64. The van der Waals surface area contributed by atoms with E-state index >= 15 is 0 Å². The molecule has 1 atom stereocenters. The third kappa shape index (κ3) is 8.38. The fraction of sp³-hybridized carbons (Fsp3) is 0.310. The highest BCUT2D eigenvalue weighted by Gasteiger charge is 2.32. The summed E-state index contributed by atoms with van der Waals surface area (Å²) in [5, 5.41) is 3.10. The Labute approximate surface area is 207 Å². The van der Waals surface area contributed by atoms with Crippen LogP contribution in [0.25, 0.3) is 0 Å². The van der Waals surface area contributed by atoms with E-state index in [1.807, 2.05) is 112 Å². The highest BCUT2D eigenvalue weighted by atomic mass is 32.2. The number of nitrogens with one attached hydrogen (secondary N) is 1. The maximum absolute atomic E-state index is 13.6. The maximum atomic E-state index is 13.6. The van der Waals surface area contributed by atoms with E-state index < -0.39 is 11.6 Å². The van der Waals surface area contributed by atoms with E-state index in [9.17, 15) is 9.59 Å². The van der Waals surface area contributed by atoms with E-state index in [4.69, 9.17) is 0 Å². The molecular weight excluding hydrogens is 440 g/mol. The molecule has 0 radical (unpaired) electrons. The van der Waals surface area contributed by atoms with Crippen molar-refractivity contribution in [2.45, 2.75) is 56.6 Å². The Bertz CT molecular complexity index is 1030. The van der Waals surface area contributed by atoms with Crippen LogP contribution >= 0.6 is 11.8 Å². The van der Waals surface area contributed by atoms with Crippen molar-refractivity contribution < 1.29 is 9.59 Å². The summed E-state index contributed by atoms with van der Waals surface area (Å²) in [6.45, 7) is 6.28. The molecule has 1 N–H and O–H groups in total. The van der Waals surface area contributed by atoms with Gasteiger partial charge in [0, 0.05) is 35.6 Å². The van der Waals surface area contributed by atoms with Crippen LogP contribution in [0.1, 0.15) is 38.3 Å². The van der Waals surface area contributed by atoms with Gasteiger partial charge in [0.05, 0.1) is 0 Å². The minimum Gasteiger partial charge on any atom is -0.350 e. The lowest BCUT2D eigenvalue weighted by molar-refractivity contribution is -0.141. The van der Waals surface area contributed by atoms with Crippen molar-refractivity contribution >= 4 is 23.6 Å². The van der Waals surface area contributed by atoms with E-state index in [1.165, 1.54) is 0 Å². The molecule has 0 spiro atoms. The highest BCUT2D eigenvalue weighted by molar-refractivity contribution is 7.99. The number of nitrogens with zero attached hydrogens (tertiary/aromatic N) is 1. The molecule has 3 aromatic carbocycles. The largest absolute Gasteiger partial charge is 0.350 e. The van der Waals surface area contributed by atoms with Crippen LogP contribution in [0.5, 0.6) is 0 Å². The standard InChI is InChI=1S/C29H34N2O2S/c1-29(2,3)30-28(33)26(21-23-13-7-4-8-14-23)31(22-24-15-9-5-10-16-24)27(32)19-20-34-25-17-11-6-12-18-25/h4-18,26H,19-22H2,1-3H3,(H,30,33). The lowest BCUT2D eigenvalue weighted by Gasteiger charge is -2.34. The SMILES string of the molecule is CC(C)(C)NC(=O)C(Cc1ccccc1)N(Cc1ccccc1)C(=O)CCSc1ccccc1. The molecule has 0 fully saturated rings. The minimum absolute atomic E-state index is 0.0164. The molecule has 3 rings (SSSR count). The Kier molecular flexibility index (Phi) is 9.34. The Balaban J connectivity index is 1.84. The van der Waals surface area contributed by atoms with Gasteiger partial charge in [-0.25, -0.2) is 0 Å². The van der Waals surface area contributed by atoms with Crippen LogP contribution in [0.2, 0.25) is 0 Å². The number of thioether (sulfide) groups is 1. The van der Waals surface area contributed by atoms with Gasteiger partial charge in [0.1, 0.15) is 6.04 Å². The van der Waals surface area contributed by atoms with Gasteiger partial charge >= 0.3 is 0 Å². The minimum atomic E-state index is -0.601. The van der Waals surface area contributed by atoms with E-state index in [0.29, 0.717) is 25.1 Å². The van der Waals surface area contributed by atoms with Crippen molar-refractivity contribution in [2.75, 3.05) is 5.75 Å². The lowest BCUT2D eigenvalue weighted by atomic mass is 10.0. The first-order valence-corrected chi connectivity index (χ1v) is 12.7. The second kappa shape index (κ2) is 12.4. The van der Waals surface area contributed by atoms with Crippen LogP contribution in [0.3, 0.4) is 0 Å². The van der Waals surface area contributed by atoms with Crippen molar-refractivity contribution in [3.8, 4) is 0 Å². The smallest absolute Gasteiger partial charge is 0.243 e. The van der Waals surface area contributed by atoms with Crippen LogP contribution in [-0.4, -0.2) is 34.0 Å². The molecule has 0 heterocycles. The van der Waals surface area contributed by atoms with Gasteiger partial charge in [-0.05, 0) is 44.0 Å². The normalized spacial score (nSPS) is 12.1. The van der Waals surface area contributed by atoms with Crippen molar-refractivity contribution in [1.29, 1.82) is 0 Å². The summed E-state index contributed by atoms with van der Waals surface area (Å²) in [7, 11) is 0. The van der Waals surface area contributed by atoms with Crippen molar-refractivity contribution in [1.82, 2.24) is 10.2 Å². The first-order valence-electron chi connectivity index (χ1n) is 11.7. The Morgan fingerprint density at radius 3 is 1.91 bits per heavy atom. The molecule has 0 aliphatic heterocycles. The quantitative estimate of drug-likeness (QED) is 0.382. The molecule has 34 heavy (non-hydrogen) atoms. The van der Waals surface area contributed by atoms with Crippen LogP contribution in [0.4, 0.5) is 0 Å². The first kappa shape index (κ1) is 25.6. The molecule has 5 heteroatoms. The van der Waals surface area contributed by atoms with E-state index in [2.05, 4.69) is 5.32 Å². The van der Waals surface area contributed by atoms with Gasteiger partial charge in [0.15, 0.2) is 0 Å². The van der Waals surface area contributed by atoms with Gasteiger partial charge in [-0.1, -0.05) is 78.9 Å². The lowest BCUT2D eigenvalue weighted by Crippen LogP contribution is -2.54. The van der Waals surface area contributed by atoms with E-state index in [-0.39, 0.29) is 11.8 Å². The summed E-state index contributed by atoms with van der Waals surface area (Å²) >= 11 is 1.66. The topological polar surface area (TPSA) is 49.4 Å². The first-order chi connectivity index (χ1) is 16.3. The second-order valence-electron chi connectivity index (χ2n) is 9.36. The van der Waals surface area contributed by atoms with Crippen LogP contribution in [-0.2, 0) is 22.6 Å². The van der Waals surface area contributed by atoms with Crippen molar-refractivity contribution in [2.24, 2.45) is 0 Å². The third-order valence-electron chi connectivity index (χ3n) is 5.29. The Morgan fingerprint density at radius 2 is 1.35 bits per heavy atom. The molecule has 0 aliphatic carbocycles. The molecule has 0 saturated heterocycles. The fourth-order valence-electron chi connectivity index (χ4n) is 3.70. The molecule has 1 unspecified atom stereocenters. The maximum Gasteiger partial charge on any atom is 0.243 e. The molecule has 0 aromatic heterocycles. The summed E-state index contributed by atoms with van der Waals surface area (Å²) in [6, 6.07) is 29.3. The zero-order valence-corrected chi connectivity index (χ0v) is 21.1. The van der Waals surface area contributed by atoms with Gasteiger partial charge in [-0.3, -0.25) is 9.59 Å². The monoisotopic (exact) mass is 474 g/mol. The molecule has 4 nitrogen and oxygen atoms in total. The Morgan fingerprint density at radius 1 is 0.824 bits per heavy atom. The number of benzene rings is 3. The number of rotatable bonds is 10. The molecule has 2 amide bonds. The number of hydrogen-bond donors (Lipinski definition) is 1. The molecular formula is C29H34N2O2S. The molecule has 0 saturated carbocycles. The van der Waals surface area contributed by atoms with Gasteiger partial charge in [0.25, 0.3) is 0 Å². The van der Waals surface area contributed by atoms with Gasteiger partial charge in [-0.2, -0.15) is 0 Å². The zero-order valence-electron chi connectivity index (χ0n) is 20.2. The van der Waals surface area contributed by atoms with Crippen LogP contribution < -0.4 is 5.32 Å². The molecule has 178 valence electrons. The summed E-state index contributed by atoms with van der Waals surface area (Å²) in [4.78, 5) is 30.0. The third-order valence-corrected chi connectivity index (χ3v) is 6.31. The fourth-order valence-corrected chi connectivity index (χ4v) is 4.57. The molecule has 0 bridgehead atoms.